The Morgan fingerprint density at radius 3 is 2.43 bits per heavy atom. The van der Waals surface area contributed by atoms with Gasteiger partial charge in [0.15, 0.2) is 0 Å². The van der Waals surface area contributed by atoms with Crippen LogP contribution < -0.4 is 9.47 Å². The second kappa shape index (κ2) is 9.62. The Bertz CT molecular complexity index is 876. The zero-order chi connectivity index (χ0) is 19.9. The summed E-state index contributed by atoms with van der Waals surface area (Å²) in [5.41, 5.74) is 3.20. The third-order valence-corrected chi connectivity index (χ3v) is 4.89. The molecule has 28 heavy (non-hydrogen) atoms. The molecule has 6 heteroatoms. The monoisotopic (exact) mass is 399 g/mol. The van der Waals surface area contributed by atoms with Crippen molar-refractivity contribution in [3.8, 4) is 22.9 Å². The normalized spacial score (nSPS) is 11.0. The summed E-state index contributed by atoms with van der Waals surface area (Å²) < 4.78 is 12.9. The lowest BCUT2D eigenvalue weighted by molar-refractivity contribution is 0.226. The molecule has 0 saturated carbocycles. The molecule has 0 saturated heterocycles. The summed E-state index contributed by atoms with van der Waals surface area (Å²) >= 11 is 5.93. The predicted octanol–water partition coefficient (Wildman–Crippen LogP) is 4.30. The number of ether oxygens (including phenoxy) is 2. The van der Waals surface area contributed by atoms with Crippen molar-refractivity contribution in [2.75, 3.05) is 33.9 Å². The molecule has 0 radical (unpaired) electrons. The highest BCUT2D eigenvalue weighted by atomic mass is 35.5. The number of methoxy groups -OCH3 is 1. The SMILES string of the molecule is COc1ccc(-c2cc(OCCN(C)CCc3ccc(Cl)cc3)n(C)n2)cc1. The Kier molecular flexibility index (Phi) is 6.95. The van der Waals surface area contributed by atoms with Crippen LogP contribution in [0.1, 0.15) is 5.56 Å². The van der Waals surface area contributed by atoms with Crippen molar-refractivity contribution < 1.29 is 9.47 Å². The minimum Gasteiger partial charge on any atom is -0.497 e. The number of aromatic nitrogens is 2. The first-order chi connectivity index (χ1) is 13.5. The first-order valence-corrected chi connectivity index (χ1v) is 9.67. The topological polar surface area (TPSA) is 39.5 Å². The minimum atomic E-state index is 0.610. The highest BCUT2D eigenvalue weighted by Crippen LogP contribution is 2.24. The van der Waals surface area contributed by atoms with Crippen LogP contribution in [0.15, 0.2) is 54.6 Å². The van der Waals surface area contributed by atoms with Crippen molar-refractivity contribution in [1.29, 1.82) is 0 Å². The zero-order valence-electron chi connectivity index (χ0n) is 16.6. The van der Waals surface area contributed by atoms with Gasteiger partial charge in [0.25, 0.3) is 0 Å². The molecule has 0 aliphatic rings. The average molecular weight is 400 g/mol. The second-order valence-corrected chi connectivity index (χ2v) is 7.18. The summed E-state index contributed by atoms with van der Waals surface area (Å²) in [6.07, 6.45) is 0.987. The first-order valence-electron chi connectivity index (χ1n) is 9.29. The fraction of sp³-hybridized carbons (Fsp3) is 0.318. The van der Waals surface area contributed by atoms with Gasteiger partial charge in [0.2, 0.25) is 5.88 Å². The van der Waals surface area contributed by atoms with Crippen LogP contribution >= 0.6 is 11.6 Å². The number of hydrogen-bond donors (Lipinski definition) is 0. The van der Waals surface area contributed by atoms with Gasteiger partial charge in [-0.3, -0.25) is 0 Å². The average Bonchev–Trinajstić information content (AvgIpc) is 3.08. The molecule has 0 fully saturated rings. The lowest BCUT2D eigenvalue weighted by Gasteiger charge is -2.16. The van der Waals surface area contributed by atoms with E-state index in [2.05, 4.69) is 29.2 Å². The van der Waals surface area contributed by atoms with Crippen LogP contribution in [0.25, 0.3) is 11.3 Å². The Balaban J connectivity index is 1.47. The summed E-state index contributed by atoms with van der Waals surface area (Å²) in [4.78, 5) is 2.26. The number of halogens is 1. The van der Waals surface area contributed by atoms with Gasteiger partial charge in [-0.05, 0) is 55.4 Å². The van der Waals surface area contributed by atoms with E-state index in [1.807, 2.05) is 49.5 Å². The molecular weight excluding hydrogens is 374 g/mol. The van der Waals surface area contributed by atoms with Crippen LogP contribution in [0.5, 0.6) is 11.6 Å². The highest BCUT2D eigenvalue weighted by molar-refractivity contribution is 6.30. The number of aryl methyl sites for hydroxylation is 1. The molecule has 0 aliphatic carbocycles. The van der Waals surface area contributed by atoms with E-state index in [0.29, 0.717) is 6.61 Å². The summed E-state index contributed by atoms with van der Waals surface area (Å²) in [6, 6.07) is 17.8. The third-order valence-electron chi connectivity index (χ3n) is 4.64. The molecule has 0 spiro atoms. The molecule has 148 valence electrons. The first kappa shape index (κ1) is 20.2. The number of likely N-dealkylation sites (N-methyl/N-ethyl adjacent to an activating group) is 1. The fourth-order valence-corrected chi connectivity index (χ4v) is 3.00. The Hall–Kier alpha value is -2.50. The molecule has 0 bridgehead atoms. The van der Waals surface area contributed by atoms with Gasteiger partial charge in [-0.15, -0.1) is 0 Å². The number of nitrogens with zero attached hydrogens (tertiary/aromatic N) is 3. The van der Waals surface area contributed by atoms with Crippen LogP contribution in [0, 0.1) is 0 Å². The van der Waals surface area contributed by atoms with E-state index in [1.165, 1.54) is 5.56 Å². The van der Waals surface area contributed by atoms with Crippen molar-refractivity contribution in [3.05, 3.63) is 65.2 Å². The standard InChI is InChI=1S/C22H26ClN3O2/c1-25(13-12-17-4-8-19(23)9-5-17)14-15-28-22-16-21(24-26(22)2)18-6-10-20(27-3)11-7-18/h4-11,16H,12-15H2,1-3H3. The van der Waals surface area contributed by atoms with Crippen molar-refractivity contribution in [2.24, 2.45) is 7.05 Å². The maximum absolute atomic E-state index is 5.94. The van der Waals surface area contributed by atoms with Crippen LogP contribution in [-0.2, 0) is 13.5 Å². The minimum absolute atomic E-state index is 0.610. The van der Waals surface area contributed by atoms with E-state index in [9.17, 15) is 0 Å². The summed E-state index contributed by atoms with van der Waals surface area (Å²) in [6.45, 7) is 2.42. The second-order valence-electron chi connectivity index (χ2n) is 6.75. The van der Waals surface area contributed by atoms with E-state index >= 15 is 0 Å². The van der Waals surface area contributed by atoms with Crippen molar-refractivity contribution in [1.82, 2.24) is 14.7 Å². The molecule has 3 aromatic rings. The van der Waals surface area contributed by atoms with E-state index in [0.717, 1.165) is 47.4 Å². The Labute approximate surface area is 171 Å². The summed E-state index contributed by atoms with van der Waals surface area (Å²) in [7, 11) is 5.66. The van der Waals surface area contributed by atoms with Crippen molar-refractivity contribution in [3.63, 3.8) is 0 Å². The van der Waals surface area contributed by atoms with Crippen LogP contribution in [-0.4, -0.2) is 48.5 Å². The Morgan fingerprint density at radius 1 is 1.04 bits per heavy atom. The van der Waals surface area contributed by atoms with Crippen LogP contribution in [0.3, 0.4) is 0 Å². The molecule has 0 amide bonds. The summed E-state index contributed by atoms with van der Waals surface area (Å²) in [5, 5.41) is 5.32. The molecule has 1 aromatic heterocycles. The molecule has 0 unspecified atom stereocenters. The molecule has 0 aliphatic heterocycles. The van der Waals surface area contributed by atoms with E-state index < -0.39 is 0 Å². The van der Waals surface area contributed by atoms with Gasteiger partial charge >= 0.3 is 0 Å². The fourth-order valence-electron chi connectivity index (χ4n) is 2.88. The molecule has 3 rings (SSSR count). The predicted molar refractivity (Wildman–Crippen MR) is 113 cm³/mol. The van der Waals surface area contributed by atoms with Crippen molar-refractivity contribution >= 4 is 11.6 Å². The van der Waals surface area contributed by atoms with Gasteiger partial charge in [0.1, 0.15) is 12.4 Å². The maximum atomic E-state index is 5.94. The molecule has 2 aromatic carbocycles. The quantitative estimate of drug-likeness (QED) is 0.537. The molecule has 1 heterocycles. The van der Waals surface area contributed by atoms with Gasteiger partial charge in [-0.2, -0.15) is 5.10 Å². The molecule has 0 atom stereocenters. The maximum Gasteiger partial charge on any atom is 0.212 e. The van der Waals surface area contributed by atoms with Crippen molar-refractivity contribution in [2.45, 2.75) is 6.42 Å². The van der Waals surface area contributed by atoms with Gasteiger partial charge < -0.3 is 14.4 Å². The van der Waals surface area contributed by atoms with Crippen LogP contribution in [0.2, 0.25) is 5.02 Å². The molecule has 5 nitrogen and oxygen atoms in total. The molecule has 0 N–H and O–H groups in total. The van der Waals surface area contributed by atoms with Gasteiger partial charge in [0.05, 0.1) is 12.8 Å². The third kappa shape index (κ3) is 5.50. The van der Waals surface area contributed by atoms with E-state index in [4.69, 9.17) is 21.1 Å². The smallest absolute Gasteiger partial charge is 0.212 e. The van der Waals surface area contributed by atoms with Gasteiger partial charge in [-0.25, -0.2) is 4.68 Å². The van der Waals surface area contributed by atoms with Gasteiger partial charge in [0, 0.05) is 36.8 Å². The zero-order valence-corrected chi connectivity index (χ0v) is 17.3. The largest absolute Gasteiger partial charge is 0.497 e. The van der Waals surface area contributed by atoms with E-state index in [1.54, 1.807) is 11.8 Å². The number of benzene rings is 2. The molecular formula is C22H26ClN3O2. The Morgan fingerprint density at radius 2 is 1.75 bits per heavy atom. The van der Waals surface area contributed by atoms with Gasteiger partial charge in [-0.1, -0.05) is 23.7 Å². The highest BCUT2D eigenvalue weighted by Gasteiger charge is 2.09. The number of hydrogen-bond acceptors (Lipinski definition) is 4. The lowest BCUT2D eigenvalue weighted by atomic mass is 10.1. The lowest BCUT2D eigenvalue weighted by Crippen LogP contribution is -2.26. The summed E-state index contributed by atoms with van der Waals surface area (Å²) in [5.74, 6) is 1.59. The number of rotatable bonds is 9. The van der Waals surface area contributed by atoms with E-state index in [-0.39, 0.29) is 0 Å². The van der Waals surface area contributed by atoms with Crippen LogP contribution in [0.4, 0.5) is 0 Å².